The van der Waals surface area contributed by atoms with Crippen molar-refractivity contribution in [3.05, 3.63) is 0 Å². The van der Waals surface area contributed by atoms with E-state index in [9.17, 15) is 4.79 Å². The van der Waals surface area contributed by atoms with Crippen LogP contribution in [0, 0.1) is 5.92 Å². The van der Waals surface area contributed by atoms with Crippen molar-refractivity contribution in [2.75, 3.05) is 33.4 Å². The number of hydrogen-bond acceptors (Lipinski definition) is 4. The van der Waals surface area contributed by atoms with E-state index in [1.165, 1.54) is 12.8 Å². The number of likely N-dealkylation sites (N-methyl/N-ethyl adjacent to an activating group) is 1. The summed E-state index contributed by atoms with van der Waals surface area (Å²) < 4.78 is 5.50. The van der Waals surface area contributed by atoms with E-state index in [2.05, 4.69) is 0 Å². The second-order valence-corrected chi connectivity index (χ2v) is 5.04. The largest absolute Gasteiger partial charge is 0.380 e. The molecule has 1 aliphatic carbocycles. The maximum absolute atomic E-state index is 11.0. The highest BCUT2D eigenvalue weighted by Gasteiger charge is 2.27. The predicted molar refractivity (Wildman–Crippen MR) is 62.8 cm³/mol. The van der Waals surface area contributed by atoms with Crippen LogP contribution in [0.15, 0.2) is 0 Å². The average Bonchev–Trinajstić information content (AvgIpc) is 2.95. The van der Waals surface area contributed by atoms with E-state index in [4.69, 9.17) is 16.2 Å². The van der Waals surface area contributed by atoms with Crippen LogP contribution < -0.4 is 11.5 Å². The maximum atomic E-state index is 11.0. The Balaban J connectivity index is 2.08. The Morgan fingerprint density at radius 3 is 2.69 bits per heavy atom. The third kappa shape index (κ3) is 4.92. The fourth-order valence-electron chi connectivity index (χ4n) is 1.47. The van der Waals surface area contributed by atoms with Gasteiger partial charge in [-0.2, -0.15) is 0 Å². The summed E-state index contributed by atoms with van der Waals surface area (Å²) in [5.41, 5.74) is 10.00. The molecule has 1 rings (SSSR count). The van der Waals surface area contributed by atoms with Gasteiger partial charge in [-0.1, -0.05) is 0 Å². The summed E-state index contributed by atoms with van der Waals surface area (Å²) in [5.74, 6) is 0.314. The number of primary amides is 1. The lowest BCUT2D eigenvalue weighted by Gasteiger charge is -2.27. The van der Waals surface area contributed by atoms with E-state index < -0.39 is 11.4 Å². The molecule has 0 radical (unpaired) electrons. The molecule has 0 aromatic carbocycles. The first-order chi connectivity index (χ1) is 7.42. The van der Waals surface area contributed by atoms with Gasteiger partial charge in [0.2, 0.25) is 5.91 Å². The van der Waals surface area contributed by atoms with E-state index in [0.29, 0.717) is 13.2 Å². The molecule has 5 heteroatoms. The summed E-state index contributed by atoms with van der Waals surface area (Å²) in [6, 6.07) is 0. The highest BCUT2D eigenvalue weighted by molar-refractivity contribution is 5.84. The van der Waals surface area contributed by atoms with E-state index in [1.54, 1.807) is 6.92 Å². The molecule has 0 aliphatic heterocycles. The molecule has 1 aliphatic rings. The first kappa shape index (κ1) is 13.4. The number of rotatable bonds is 8. The second kappa shape index (κ2) is 5.61. The molecule has 0 spiro atoms. The molecule has 0 heterocycles. The number of ether oxygens (including phenoxy) is 1. The van der Waals surface area contributed by atoms with Crippen LogP contribution in [0.3, 0.4) is 0 Å². The minimum absolute atomic E-state index is 0.453. The van der Waals surface area contributed by atoms with Gasteiger partial charge in [-0.25, -0.2) is 0 Å². The van der Waals surface area contributed by atoms with Gasteiger partial charge >= 0.3 is 0 Å². The lowest BCUT2D eigenvalue weighted by molar-refractivity contribution is -0.123. The molecule has 94 valence electrons. The molecular formula is C11H23N3O2. The van der Waals surface area contributed by atoms with Crippen molar-refractivity contribution in [3.8, 4) is 0 Å². The lowest BCUT2D eigenvalue weighted by atomic mass is 10.0. The quantitative estimate of drug-likeness (QED) is 0.552. The second-order valence-electron chi connectivity index (χ2n) is 5.04. The number of hydrogen-bond donors (Lipinski definition) is 2. The van der Waals surface area contributed by atoms with Crippen molar-refractivity contribution < 1.29 is 9.53 Å². The fourth-order valence-corrected chi connectivity index (χ4v) is 1.47. The third-order valence-electron chi connectivity index (χ3n) is 2.83. The molecule has 1 unspecified atom stereocenters. The van der Waals surface area contributed by atoms with Gasteiger partial charge in [0.25, 0.3) is 0 Å². The van der Waals surface area contributed by atoms with Crippen molar-refractivity contribution in [2.24, 2.45) is 17.4 Å². The Kier molecular flexibility index (Phi) is 4.70. The van der Waals surface area contributed by atoms with Gasteiger partial charge in [0.1, 0.15) is 5.54 Å². The summed E-state index contributed by atoms with van der Waals surface area (Å²) >= 11 is 0. The van der Waals surface area contributed by atoms with Crippen molar-refractivity contribution in [2.45, 2.75) is 25.3 Å². The maximum Gasteiger partial charge on any atom is 0.238 e. The van der Waals surface area contributed by atoms with Gasteiger partial charge in [-0.3, -0.25) is 4.79 Å². The van der Waals surface area contributed by atoms with Crippen LogP contribution in [0.2, 0.25) is 0 Å². The number of nitrogens with two attached hydrogens (primary N) is 2. The van der Waals surface area contributed by atoms with E-state index in [0.717, 1.165) is 19.1 Å². The van der Waals surface area contributed by atoms with Crippen LogP contribution in [-0.4, -0.2) is 49.7 Å². The Labute approximate surface area is 97.1 Å². The number of amides is 1. The Morgan fingerprint density at radius 2 is 2.19 bits per heavy atom. The van der Waals surface area contributed by atoms with E-state index >= 15 is 0 Å². The van der Waals surface area contributed by atoms with Crippen molar-refractivity contribution in [1.29, 1.82) is 0 Å². The van der Waals surface area contributed by atoms with Gasteiger partial charge < -0.3 is 21.1 Å². The van der Waals surface area contributed by atoms with Gasteiger partial charge in [-0.15, -0.1) is 0 Å². The first-order valence-electron chi connectivity index (χ1n) is 5.77. The topological polar surface area (TPSA) is 81.6 Å². The Bertz CT molecular complexity index is 239. The predicted octanol–water partition coefficient (Wildman–Crippen LogP) is -0.452. The molecule has 16 heavy (non-hydrogen) atoms. The van der Waals surface area contributed by atoms with Gasteiger partial charge in [-0.05, 0) is 32.7 Å². The molecule has 0 aromatic heterocycles. The fraction of sp³-hybridized carbons (Fsp3) is 0.909. The SMILES string of the molecule is CN(CCOCC1CC1)CC(C)(N)C(N)=O. The molecule has 1 saturated carbocycles. The minimum atomic E-state index is -0.967. The van der Waals surface area contributed by atoms with Gasteiger partial charge in [0.15, 0.2) is 0 Å². The van der Waals surface area contributed by atoms with Crippen LogP contribution in [0.5, 0.6) is 0 Å². The molecule has 0 bridgehead atoms. The van der Waals surface area contributed by atoms with Crippen LogP contribution in [0.4, 0.5) is 0 Å². The zero-order chi connectivity index (χ0) is 12.2. The minimum Gasteiger partial charge on any atom is -0.380 e. The Hall–Kier alpha value is -0.650. The molecule has 1 fully saturated rings. The smallest absolute Gasteiger partial charge is 0.238 e. The Morgan fingerprint density at radius 1 is 1.56 bits per heavy atom. The highest BCUT2D eigenvalue weighted by Crippen LogP contribution is 2.28. The normalized spacial score (nSPS) is 19.8. The van der Waals surface area contributed by atoms with Gasteiger partial charge in [0.05, 0.1) is 6.61 Å². The monoisotopic (exact) mass is 229 g/mol. The molecule has 1 atom stereocenters. The molecular weight excluding hydrogens is 206 g/mol. The summed E-state index contributed by atoms with van der Waals surface area (Å²) in [7, 11) is 1.91. The summed E-state index contributed by atoms with van der Waals surface area (Å²) in [5, 5.41) is 0. The first-order valence-corrected chi connectivity index (χ1v) is 5.77. The van der Waals surface area contributed by atoms with Crippen LogP contribution in [0.1, 0.15) is 19.8 Å². The van der Waals surface area contributed by atoms with Gasteiger partial charge in [0, 0.05) is 19.7 Å². The lowest BCUT2D eigenvalue weighted by Crippen LogP contribution is -2.56. The summed E-state index contributed by atoms with van der Waals surface area (Å²) in [6.45, 7) is 4.42. The van der Waals surface area contributed by atoms with E-state index in [-0.39, 0.29) is 0 Å². The standard InChI is InChI=1S/C11H23N3O2/c1-11(13,10(12)15)8-14(2)5-6-16-7-9-3-4-9/h9H,3-8,13H2,1-2H3,(H2,12,15). The molecule has 1 amide bonds. The average molecular weight is 229 g/mol. The van der Waals surface area contributed by atoms with E-state index in [1.807, 2.05) is 11.9 Å². The molecule has 0 aromatic rings. The van der Waals surface area contributed by atoms with Crippen LogP contribution in [0.25, 0.3) is 0 Å². The number of nitrogens with zero attached hydrogens (tertiary/aromatic N) is 1. The third-order valence-corrected chi connectivity index (χ3v) is 2.83. The number of carbonyl (C=O) groups excluding carboxylic acids is 1. The molecule has 0 saturated heterocycles. The number of carbonyl (C=O) groups is 1. The van der Waals surface area contributed by atoms with Crippen LogP contribution in [-0.2, 0) is 9.53 Å². The van der Waals surface area contributed by atoms with Crippen molar-refractivity contribution in [1.82, 2.24) is 4.90 Å². The zero-order valence-electron chi connectivity index (χ0n) is 10.2. The molecule has 4 N–H and O–H groups in total. The van der Waals surface area contributed by atoms with Crippen molar-refractivity contribution in [3.63, 3.8) is 0 Å². The summed E-state index contributed by atoms with van der Waals surface area (Å²) in [6.07, 6.45) is 2.61. The molecule has 5 nitrogen and oxygen atoms in total. The zero-order valence-corrected chi connectivity index (χ0v) is 10.2. The van der Waals surface area contributed by atoms with Crippen molar-refractivity contribution >= 4 is 5.91 Å². The highest BCUT2D eigenvalue weighted by atomic mass is 16.5. The van der Waals surface area contributed by atoms with Crippen LogP contribution >= 0.6 is 0 Å². The summed E-state index contributed by atoms with van der Waals surface area (Å²) in [4.78, 5) is 13.0.